The van der Waals surface area contributed by atoms with Crippen LogP contribution in [-0.4, -0.2) is 62.9 Å². The van der Waals surface area contributed by atoms with Crippen molar-refractivity contribution in [3.8, 4) is 11.5 Å². The molecule has 2 aliphatic heterocycles. The third-order valence-corrected chi connectivity index (χ3v) is 7.18. The number of carboxylic acid groups (broad SMARTS) is 1. The fraction of sp³-hybridized carbons (Fsp3) is 0.250. The van der Waals surface area contributed by atoms with Crippen LogP contribution >= 0.6 is 35.6 Å². The molecule has 2 aromatic rings. The van der Waals surface area contributed by atoms with Gasteiger partial charge in [-0.05, 0) is 60.9 Å². The number of rotatable bonds is 8. The Labute approximate surface area is 216 Å². The summed E-state index contributed by atoms with van der Waals surface area (Å²) in [4.78, 5) is 38.2. The van der Waals surface area contributed by atoms with Gasteiger partial charge < -0.3 is 19.5 Å². The molecule has 0 spiro atoms. The summed E-state index contributed by atoms with van der Waals surface area (Å²) >= 11 is 12.6. The smallest absolute Gasteiger partial charge is 0.410 e. The van der Waals surface area contributed by atoms with E-state index in [4.69, 9.17) is 38.4 Å². The van der Waals surface area contributed by atoms with Crippen molar-refractivity contribution in [3.05, 3.63) is 63.5 Å². The van der Waals surface area contributed by atoms with E-state index in [9.17, 15) is 14.4 Å². The average molecular weight is 533 g/mol. The van der Waals surface area contributed by atoms with Crippen LogP contribution in [0, 0.1) is 0 Å². The van der Waals surface area contributed by atoms with Crippen LogP contribution in [0.25, 0.3) is 6.08 Å². The number of thiocarbonyl (C=S) groups is 1. The van der Waals surface area contributed by atoms with Crippen LogP contribution in [0.4, 0.5) is 4.79 Å². The maximum atomic E-state index is 12.5. The lowest BCUT2D eigenvalue weighted by Crippen LogP contribution is -2.34. The standard InChI is InChI=1S/C24H21ClN2O6S2/c1-2-26-16(13-32-23(26)31)9-14-3-6-17(7-4-14)33-18-8-5-15(19(25)11-18)10-20-22(30)27(12-21(28)29)24(34)35-20/h3-8,10-11,16H,2,9,12-13H2,1H3,(H,28,29)/b20-10+. The number of amides is 2. The fourth-order valence-electron chi connectivity index (χ4n) is 3.75. The lowest BCUT2D eigenvalue weighted by molar-refractivity contribution is -0.140. The van der Waals surface area contributed by atoms with Gasteiger partial charge in [0.15, 0.2) is 0 Å². The van der Waals surface area contributed by atoms with Crippen molar-refractivity contribution in [3.63, 3.8) is 0 Å². The number of carbonyl (C=O) groups excluding carboxylic acids is 2. The molecule has 182 valence electrons. The zero-order valence-corrected chi connectivity index (χ0v) is 21.0. The van der Waals surface area contributed by atoms with E-state index in [1.54, 1.807) is 29.2 Å². The molecule has 0 radical (unpaired) electrons. The first-order valence-corrected chi connectivity index (χ1v) is 12.3. The van der Waals surface area contributed by atoms with Crippen molar-refractivity contribution in [2.45, 2.75) is 19.4 Å². The molecule has 1 unspecified atom stereocenters. The monoisotopic (exact) mass is 532 g/mol. The molecule has 2 amide bonds. The van der Waals surface area contributed by atoms with E-state index in [0.717, 1.165) is 22.2 Å². The van der Waals surface area contributed by atoms with Gasteiger partial charge in [-0.25, -0.2) is 4.79 Å². The van der Waals surface area contributed by atoms with E-state index >= 15 is 0 Å². The van der Waals surface area contributed by atoms with E-state index in [1.807, 2.05) is 31.2 Å². The maximum absolute atomic E-state index is 12.5. The Kier molecular flexibility index (Phi) is 7.63. The van der Waals surface area contributed by atoms with Gasteiger partial charge in [-0.2, -0.15) is 0 Å². The summed E-state index contributed by atoms with van der Waals surface area (Å²) in [6.45, 7) is 2.44. The lowest BCUT2D eigenvalue weighted by Gasteiger charge is -2.19. The molecule has 2 aliphatic rings. The molecule has 1 atom stereocenters. The Morgan fingerprint density at radius 1 is 1.26 bits per heavy atom. The second kappa shape index (κ2) is 10.7. The van der Waals surface area contributed by atoms with Crippen LogP contribution in [0.2, 0.25) is 5.02 Å². The van der Waals surface area contributed by atoms with E-state index in [2.05, 4.69) is 0 Å². The molecule has 0 bridgehead atoms. The minimum Gasteiger partial charge on any atom is -0.480 e. The summed E-state index contributed by atoms with van der Waals surface area (Å²) < 4.78 is 11.2. The minimum atomic E-state index is -1.14. The normalized spacial score (nSPS) is 19.0. The highest BCUT2D eigenvalue weighted by Crippen LogP contribution is 2.35. The maximum Gasteiger partial charge on any atom is 0.410 e. The predicted octanol–water partition coefficient (Wildman–Crippen LogP) is 4.80. The topological polar surface area (TPSA) is 96.4 Å². The molecule has 2 saturated heterocycles. The molecule has 0 aliphatic carbocycles. The van der Waals surface area contributed by atoms with Gasteiger partial charge in [-0.1, -0.05) is 47.7 Å². The van der Waals surface area contributed by atoms with E-state index in [-0.39, 0.29) is 16.5 Å². The van der Waals surface area contributed by atoms with Crippen LogP contribution in [0.1, 0.15) is 18.1 Å². The van der Waals surface area contributed by atoms with Gasteiger partial charge in [0.2, 0.25) is 0 Å². The van der Waals surface area contributed by atoms with Crippen molar-refractivity contribution in [2.24, 2.45) is 0 Å². The van der Waals surface area contributed by atoms with Crippen molar-refractivity contribution in [2.75, 3.05) is 19.7 Å². The Morgan fingerprint density at radius 3 is 2.63 bits per heavy atom. The first-order chi connectivity index (χ1) is 16.7. The predicted molar refractivity (Wildman–Crippen MR) is 137 cm³/mol. The molecule has 35 heavy (non-hydrogen) atoms. The Bertz CT molecular complexity index is 1220. The Hall–Kier alpha value is -3.08. The van der Waals surface area contributed by atoms with Crippen LogP contribution < -0.4 is 4.74 Å². The van der Waals surface area contributed by atoms with Gasteiger partial charge in [0.1, 0.15) is 29.0 Å². The van der Waals surface area contributed by atoms with Crippen LogP contribution in [0.3, 0.4) is 0 Å². The number of hydrogen-bond donors (Lipinski definition) is 1. The van der Waals surface area contributed by atoms with Crippen LogP contribution in [0.15, 0.2) is 47.4 Å². The molecule has 8 nitrogen and oxygen atoms in total. The number of halogens is 1. The number of thioether (sulfide) groups is 1. The largest absolute Gasteiger partial charge is 0.480 e. The van der Waals surface area contributed by atoms with Gasteiger partial charge in [0.05, 0.1) is 16.0 Å². The molecule has 1 N–H and O–H groups in total. The summed E-state index contributed by atoms with van der Waals surface area (Å²) in [5, 5.41) is 9.32. The molecule has 4 rings (SSSR count). The van der Waals surface area contributed by atoms with E-state index in [1.165, 1.54) is 0 Å². The molecule has 2 heterocycles. The molecule has 0 aromatic heterocycles. The number of likely N-dealkylation sites (N-methyl/N-ethyl adjacent to an activating group) is 1. The summed E-state index contributed by atoms with van der Waals surface area (Å²) in [6.07, 6.45) is 2.00. The molecule has 2 aromatic carbocycles. The van der Waals surface area contributed by atoms with E-state index in [0.29, 0.717) is 46.6 Å². The van der Waals surface area contributed by atoms with Gasteiger partial charge in [0, 0.05) is 6.54 Å². The lowest BCUT2D eigenvalue weighted by atomic mass is 10.1. The third kappa shape index (κ3) is 5.77. The van der Waals surface area contributed by atoms with Crippen LogP contribution in [0.5, 0.6) is 11.5 Å². The molecule has 2 fully saturated rings. The highest BCUT2D eigenvalue weighted by atomic mass is 35.5. The number of carboxylic acids is 1. The van der Waals surface area contributed by atoms with Crippen molar-refractivity contribution in [1.82, 2.24) is 9.80 Å². The van der Waals surface area contributed by atoms with Gasteiger partial charge >= 0.3 is 12.1 Å². The fourth-order valence-corrected chi connectivity index (χ4v) is 5.22. The van der Waals surface area contributed by atoms with Gasteiger partial charge in [-0.3, -0.25) is 14.5 Å². The zero-order chi connectivity index (χ0) is 25.1. The van der Waals surface area contributed by atoms with Crippen molar-refractivity contribution in [1.29, 1.82) is 0 Å². The number of hydrogen-bond acceptors (Lipinski definition) is 7. The van der Waals surface area contributed by atoms with E-state index < -0.39 is 18.4 Å². The quantitative estimate of drug-likeness (QED) is 0.382. The summed E-state index contributed by atoms with van der Waals surface area (Å²) in [5.41, 5.74) is 1.65. The SMILES string of the molecule is CCN1C(=O)OCC1Cc1ccc(Oc2ccc(/C=C3/SC(=S)N(CC(=O)O)C3=O)c(Cl)c2)cc1. The van der Waals surface area contributed by atoms with Gasteiger partial charge in [0.25, 0.3) is 5.91 Å². The number of carbonyl (C=O) groups is 3. The number of aliphatic carboxylic acids is 1. The molecular weight excluding hydrogens is 512 g/mol. The third-order valence-electron chi connectivity index (χ3n) is 5.47. The number of benzene rings is 2. The zero-order valence-electron chi connectivity index (χ0n) is 18.6. The Morgan fingerprint density at radius 2 is 1.97 bits per heavy atom. The second-order valence-electron chi connectivity index (χ2n) is 7.81. The average Bonchev–Trinajstić information content (AvgIpc) is 3.29. The van der Waals surface area contributed by atoms with Crippen molar-refractivity contribution >= 4 is 63.9 Å². The molecule has 0 saturated carbocycles. The number of nitrogens with zero attached hydrogens (tertiary/aromatic N) is 2. The van der Waals surface area contributed by atoms with Crippen molar-refractivity contribution < 1.29 is 29.0 Å². The highest BCUT2D eigenvalue weighted by Gasteiger charge is 2.33. The summed E-state index contributed by atoms with van der Waals surface area (Å²) in [7, 11) is 0. The molecular formula is C24H21ClN2O6S2. The minimum absolute atomic E-state index is 0.0233. The number of ether oxygens (including phenoxy) is 2. The Balaban J connectivity index is 1.41. The summed E-state index contributed by atoms with van der Waals surface area (Å²) in [5.74, 6) is -0.460. The summed E-state index contributed by atoms with van der Waals surface area (Å²) in [6, 6.07) is 12.7. The number of cyclic esters (lactones) is 1. The molecule has 11 heteroatoms. The highest BCUT2D eigenvalue weighted by molar-refractivity contribution is 8.26. The first kappa shape index (κ1) is 25.0. The van der Waals surface area contributed by atoms with Gasteiger partial charge in [-0.15, -0.1) is 0 Å². The first-order valence-electron chi connectivity index (χ1n) is 10.7. The van der Waals surface area contributed by atoms with Crippen LogP contribution in [-0.2, 0) is 20.7 Å². The second-order valence-corrected chi connectivity index (χ2v) is 9.89.